The molecule has 0 fully saturated rings. The van der Waals surface area contributed by atoms with Crippen molar-refractivity contribution in [1.82, 2.24) is 20.6 Å². The maximum Gasteiger partial charge on any atom is 0.286 e. The number of rotatable bonds is 4. The molecule has 0 bridgehead atoms. The number of aromatic amines is 1. The zero-order valence-electron chi connectivity index (χ0n) is 13.2. The number of halogens is 1. The summed E-state index contributed by atoms with van der Waals surface area (Å²) in [7, 11) is -3.60. The van der Waals surface area contributed by atoms with Crippen LogP contribution in [0.15, 0.2) is 50.9 Å². The number of hydrazine groups is 1. The molecule has 136 valence electrons. The summed E-state index contributed by atoms with van der Waals surface area (Å²) >= 11 is 3.20. The third-order valence-corrected chi connectivity index (χ3v) is 5.33. The first-order valence-electron chi connectivity index (χ1n) is 7.46. The summed E-state index contributed by atoms with van der Waals surface area (Å²) in [6, 6.07) is 8.02. The van der Waals surface area contributed by atoms with Crippen LogP contribution in [0, 0.1) is 0 Å². The van der Waals surface area contributed by atoms with E-state index in [1.165, 1.54) is 6.07 Å². The average molecular weight is 440 g/mol. The second-order valence-corrected chi connectivity index (χ2v) is 7.88. The highest BCUT2D eigenvalue weighted by Crippen LogP contribution is 2.22. The van der Waals surface area contributed by atoms with Crippen LogP contribution in [0.25, 0.3) is 0 Å². The van der Waals surface area contributed by atoms with Gasteiger partial charge in [-0.25, -0.2) is 8.42 Å². The zero-order chi connectivity index (χ0) is 18.7. The Morgan fingerprint density at radius 3 is 2.69 bits per heavy atom. The Morgan fingerprint density at radius 1 is 1.19 bits per heavy atom. The van der Waals surface area contributed by atoms with E-state index < -0.39 is 21.8 Å². The van der Waals surface area contributed by atoms with Gasteiger partial charge in [-0.05, 0) is 34.1 Å². The number of amidine groups is 1. The summed E-state index contributed by atoms with van der Waals surface area (Å²) in [5.74, 6) is -0.746. The Bertz CT molecular complexity index is 999. The van der Waals surface area contributed by atoms with Gasteiger partial charge in [-0.15, -0.1) is 0 Å². The van der Waals surface area contributed by atoms with E-state index in [0.717, 1.165) is 0 Å². The van der Waals surface area contributed by atoms with Gasteiger partial charge < -0.3 is 4.98 Å². The fraction of sp³-hybridized carbons (Fsp3) is 0.133. The van der Waals surface area contributed by atoms with Crippen molar-refractivity contribution in [2.75, 3.05) is 6.54 Å². The van der Waals surface area contributed by atoms with Crippen LogP contribution in [0.3, 0.4) is 0 Å². The van der Waals surface area contributed by atoms with Crippen molar-refractivity contribution < 1.29 is 18.0 Å². The molecule has 0 atom stereocenters. The number of aromatic nitrogens is 1. The molecule has 0 aliphatic carbocycles. The minimum Gasteiger partial charge on any atom is -0.356 e. The fourth-order valence-electron chi connectivity index (χ4n) is 2.28. The topological polar surface area (TPSA) is 133 Å². The quantitative estimate of drug-likeness (QED) is 0.520. The monoisotopic (exact) mass is 439 g/mol. The largest absolute Gasteiger partial charge is 0.356 e. The molecule has 0 unspecified atom stereocenters. The molecule has 3 rings (SSSR count). The molecule has 1 aromatic heterocycles. The Balaban J connectivity index is 1.53. The first kappa shape index (κ1) is 18.1. The maximum atomic E-state index is 11.9. The molecule has 2 aromatic rings. The van der Waals surface area contributed by atoms with Crippen LogP contribution in [0.2, 0.25) is 0 Å². The van der Waals surface area contributed by atoms with Gasteiger partial charge in [-0.2, -0.15) is 0 Å². The van der Waals surface area contributed by atoms with Crippen LogP contribution in [0.4, 0.5) is 0 Å². The van der Waals surface area contributed by atoms with E-state index in [4.69, 9.17) is 0 Å². The van der Waals surface area contributed by atoms with Crippen molar-refractivity contribution in [1.29, 1.82) is 0 Å². The van der Waals surface area contributed by atoms with Crippen LogP contribution >= 0.6 is 15.9 Å². The molecule has 1 aliphatic heterocycles. The highest BCUT2D eigenvalue weighted by atomic mass is 79.9. The van der Waals surface area contributed by atoms with Gasteiger partial charge in [-0.1, -0.05) is 12.1 Å². The highest BCUT2D eigenvalue weighted by Gasteiger charge is 2.29. The lowest BCUT2D eigenvalue weighted by atomic mass is 10.2. The van der Waals surface area contributed by atoms with Gasteiger partial charge >= 0.3 is 0 Å². The SMILES string of the molecule is O=C(CCN=C1NS(=O)(=O)c2ccccc21)NNC(=O)c1cc(Br)c[nH]1. The number of nitrogens with zero attached hydrogens (tertiary/aromatic N) is 1. The zero-order valence-corrected chi connectivity index (χ0v) is 15.6. The molecular weight excluding hydrogens is 426 g/mol. The standard InChI is InChI=1S/C15H14BrN5O4S/c16-9-7-11(18-8-9)15(23)20-19-13(22)5-6-17-14-10-3-1-2-4-12(10)26(24,25)21-14/h1-4,7-8,18H,5-6H2,(H,17,21)(H,19,22)(H,20,23). The van der Waals surface area contributed by atoms with E-state index >= 15 is 0 Å². The van der Waals surface area contributed by atoms with E-state index in [1.54, 1.807) is 30.5 Å². The van der Waals surface area contributed by atoms with Crippen molar-refractivity contribution in [3.05, 3.63) is 52.3 Å². The van der Waals surface area contributed by atoms with Gasteiger partial charge in [0.1, 0.15) is 11.5 Å². The first-order valence-corrected chi connectivity index (χ1v) is 9.74. The molecule has 1 aliphatic rings. The van der Waals surface area contributed by atoms with Gasteiger partial charge in [0.2, 0.25) is 5.91 Å². The number of amides is 2. The van der Waals surface area contributed by atoms with Crippen molar-refractivity contribution in [3.63, 3.8) is 0 Å². The summed E-state index contributed by atoms with van der Waals surface area (Å²) in [6.07, 6.45) is 1.56. The molecule has 0 saturated carbocycles. The predicted octanol–water partition coefficient (Wildman–Crippen LogP) is 0.667. The minimum atomic E-state index is -3.60. The van der Waals surface area contributed by atoms with Crippen molar-refractivity contribution in [2.24, 2.45) is 4.99 Å². The first-order chi connectivity index (χ1) is 12.4. The second kappa shape index (κ2) is 7.30. The molecule has 0 spiro atoms. The van der Waals surface area contributed by atoms with E-state index in [-0.39, 0.29) is 29.4 Å². The lowest BCUT2D eigenvalue weighted by Crippen LogP contribution is -2.42. The Morgan fingerprint density at radius 2 is 1.96 bits per heavy atom. The lowest BCUT2D eigenvalue weighted by molar-refractivity contribution is -0.121. The second-order valence-electron chi connectivity index (χ2n) is 5.32. The molecular formula is C15H14BrN5O4S. The van der Waals surface area contributed by atoms with Crippen molar-refractivity contribution in [3.8, 4) is 0 Å². The molecule has 0 saturated heterocycles. The predicted molar refractivity (Wildman–Crippen MR) is 96.9 cm³/mol. The Kier molecular flexibility index (Phi) is 5.09. The van der Waals surface area contributed by atoms with Gasteiger partial charge in [-0.3, -0.25) is 30.2 Å². The molecule has 2 heterocycles. The third kappa shape index (κ3) is 3.94. The van der Waals surface area contributed by atoms with E-state index in [1.807, 2.05) is 0 Å². The Labute approximate surface area is 157 Å². The summed E-state index contributed by atoms with van der Waals surface area (Å²) < 4.78 is 27.0. The summed E-state index contributed by atoms with van der Waals surface area (Å²) in [5.41, 5.74) is 5.30. The molecule has 4 N–H and O–H groups in total. The molecule has 26 heavy (non-hydrogen) atoms. The lowest BCUT2D eigenvalue weighted by Gasteiger charge is -2.05. The van der Waals surface area contributed by atoms with Crippen LogP contribution in [0.1, 0.15) is 22.5 Å². The molecule has 9 nitrogen and oxygen atoms in total. The van der Waals surface area contributed by atoms with Crippen molar-refractivity contribution in [2.45, 2.75) is 11.3 Å². The number of sulfonamides is 1. The number of aliphatic imine (C=N–C) groups is 1. The third-order valence-electron chi connectivity index (χ3n) is 3.48. The number of nitrogens with one attached hydrogen (secondary N) is 4. The van der Waals surface area contributed by atoms with Gasteiger partial charge in [0, 0.05) is 22.7 Å². The number of carbonyl (C=O) groups excluding carboxylic acids is 2. The van der Waals surface area contributed by atoms with Crippen LogP contribution < -0.4 is 15.6 Å². The van der Waals surface area contributed by atoms with E-state index in [2.05, 4.69) is 41.5 Å². The van der Waals surface area contributed by atoms with Crippen LogP contribution in [0.5, 0.6) is 0 Å². The van der Waals surface area contributed by atoms with Crippen LogP contribution in [-0.4, -0.2) is 37.6 Å². The van der Waals surface area contributed by atoms with E-state index in [0.29, 0.717) is 10.0 Å². The normalized spacial score (nSPS) is 16.0. The molecule has 11 heteroatoms. The number of hydrogen-bond acceptors (Lipinski definition) is 5. The number of H-pyrrole nitrogens is 1. The van der Waals surface area contributed by atoms with Crippen molar-refractivity contribution >= 4 is 43.6 Å². The average Bonchev–Trinajstić information content (AvgIpc) is 3.15. The highest BCUT2D eigenvalue weighted by molar-refractivity contribution is 9.10. The molecule has 2 amide bonds. The Hall–Kier alpha value is -2.66. The van der Waals surface area contributed by atoms with Crippen LogP contribution in [-0.2, 0) is 14.8 Å². The smallest absolute Gasteiger partial charge is 0.286 e. The molecule has 0 radical (unpaired) electrons. The number of hydrogen-bond donors (Lipinski definition) is 4. The summed E-state index contributed by atoms with van der Waals surface area (Å²) in [4.78, 5) is 30.6. The maximum absolute atomic E-state index is 11.9. The number of benzene rings is 1. The fourth-order valence-corrected chi connectivity index (χ4v) is 3.87. The van der Waals surface area contributed by atoms with E-state index in [9.17, 15) is 18.0 Å². The summed E-state index contributed by atoms with van der Waals surface area (Å²) in [6.45, 7) is 0.0575. The summed E-state index contributed by atoms with van der Waals surface area (Å²) in [5, 5.41) is 0. The van der Waals surface area contributed by atoms with Gasteiger partial charge in [0.25, 0.3) is 15.9 Å². The number of fused-ring (bicyclic) bond motifs is 1. The van der Waals surface area contributed by atoms with Gasteiger partial charge in [0.15, 0.2) is 0 Å². The van der Waals surface area contributed by atoms with Gasteiger partial charge in [0.05, 0.1) is 11.4 Å². The molecule has 1 aromatic carbocycles. The minimum absolute atomic E-state index is 0.0257. The number of carbonyl (C=O) groups is 2.